The maximum Gasteiger partial charge on any atom is 0.260 e. The molecule has 5 nitrogen and oxygen atoms in total. The Morgan fingerprint density at radius 1 is 1.08 bits per heavy atom. The van der Waals surface area contributed by atoms with E-state index in [-0.39, 0.29) is 5.56 Å². The Balaban J connectivity index is 1.91. The van der Waals surface area contributed by atoms with Crippen molar-refractivity contribution < 1.29 is 9.47 Å². The number of H-pyrrole nitrogens is 1. The Morgan fingerprint density at radius 3 is 2.50 bits per heavy atom. The number of ether oxygens (including phenoxy) is 2. The van der Waals surface area contributed by atoms with E-state index < -0.39 is 0 Å². The molecule has 4 rings (SSSR count). The van der Waals surface area contributed by atoms with Crippen molar-refractivity contribution in [2.24, 2.45) is 0 Å². The Labute approximate surface area is 143 Å². The van der Waals surface area contributed by atoms with Crippen molar-refractivity contribution in [1.82, 2.24) is 9.97 Å². The molecule has 0 fully saturated rings. The fourth-order valence-corrected chi connectivity index (χ4v) is 4.51. The van der Waals surface area contributed by atoms with E-state index >= 15 is 0 Å². The van der Waals surface area contributed by atoms with Crippen molar-refractivity contribution in [1.29, 1.82) is 0 Å². The van der Waals surface area contributed by atoms with Crippen LogP contribution in [0.4, 0.5) is 0 Å². The third-order valence-electron chi connectivity index (χ3n) is 4.45. The summed E-state index contributed by atoms with van der Waals surface area (Å²) < 4.78 is 10.6. The number of rotatable bonds is 3. The van der Waals surface area contributed by atoms with Crippen LogP contribution in [0.25, 0.3) is 21.6 Å². The molecule has 0 aliphatic heterocycles. The summed E-state index contributed by atoms with van der Waals surface area (Å²) in [4.78, 5) is 22.4. The van der Waals surface area contributed by atoms with Crippen LogP contribution in [-0.2, 0) is 12.8 Å². The topological polar surface area (TPSA) is 64.2 Å². The van der Waals surface area contributed by atoms with Crippen molar-refractivity contribution in [3.05, 3.63) is 39.0 Å². The number of hydrogen-bond acceptors (Lipinski definition) is 5. The van der Waals surface area contributed by atoms with Crippen molar-refractivity contribution in [3.63, 3.8) is 0 Å². The van der Waals surface area contributed by atoms with Gasteiger partial charge in [-0.15, -0.1) is 11.3 Å². The Bertz CT molecular complexity index is 952. The van der Waals surface area contributed by atoms with E-state index in [1.807, 2.05) is 12.1 Å². The molecule has 1 N–H and O–H groups in total. The molecule has 3 aromatic rings. The Kier molecular flexibility index (Phi) is 3.76. The summed E-state index contributed by atoms with van der Waals surface area (Å²) in [7, 11) is 3.20. The molecule has 0 saturated heterocycles. The lowest BCUT2D eigenvalue weighted by Crippen LogP contribution is -2.11. The summed E-state index contributed by atoms with van der Waals surface area (Å²) in [6.45, 7) is 0. The Morgan fingerprint density at radius 2 is 1.79 bits per heavy atom. The fourth-order valence-electron chi connectivity index (χ4n) is 3.24. The standard InChI is InChI=1S/C18H18N2O3S/c1-22-11-7-10(8-12(9-11)23-2)16-19-17(21)15-13-5-3-4-6-14(13)24-18(15)20-16/h7-9H,3-6H2,1-2H3,(H,19,20,21). The molecule has 1 aromatic carbocycles. The maximum atomic E-state index is 12.7. The largest absolute Gasteiger partial charge is 0.497 e. The van der Waals surface area contributed by atoms with E-state index in [9.17, 15) is 4.79 Å². The quantitative estimate of drug-likeness (QED) is 0.791. The van der Waals surface area contributed by atoms with Crippen molar-refractivity contribution in [2.75, 3.05) is 14.2 Å². The molecular formula is C18H18N2O3S. The first-order valence-electron chi connectivity index (χ1n) is 7.97. The highest BCUT2D eigenvalue weighted by atomic mass is 32.1. The molecule has 0 atom stereocenters. The number of thiophene rings is 1. The van der Waals surface area contributed by atoms with E-state index in [4.69, 9.17) is 14.5 Å². The monoisotopic (exact) mass is 342 g/mol. The van der Waals surface area contributed by atoms with Crippen LogP contribution in [0.5, 0.6) is 11.5 Å². The van der Waals surface area contributed by atoms with Gasteiger partial charge in [0.2, 0.25) is 0 Å². The number of nitrogens with zero attached hydrogens (tertiary/aromatic N) is 1. The lowest BCUT2D eigenvalue weighted by molar-refractivity contribution is 0.394. The number of nitrogens with one attached hydrogen (secondary N) is 1. The van der Waals surface area contributed by atoms with Gasteiger partial charge in [0, 0.05) is 16.5 Å². The molecule has 24 heavy (non-hydrogen) atoms. The first-order chi connectivity index (χ1) is 11.7. The minimum absolute atomic E-state index is 0.0591. The fraction of sp³-hybridized carbons (Fsp3) is 0.333. The zero-order valence-corrected chi connectivity index (χ0v) is 14.5. The summed E-state index contributed by atoms with van der Waals surface area (Å²) in [6.07, 6.45) is 4.37. The van der Waals surface area contributed by atoms with Gasteiger partial charge in [0.25, 0.3) is 5.56 Å². The number of hydrogen-bond donors (Lipinski definition) is 1. The van der Waals surface area contributed by atoms with E-state index in [1.165, 1.54) is 16.9 Å². The average molecular weight is 342 g/mol. The molecule has 1 aliphatic rings. The van der Waals surface area contributed by atoms with Crippen molar-refractivity contribution in [2.45, 2.75) is 25.7 Å². The number of aromatic amines is 1. The summed E-state index contributed by atoms with van der Waals surface area (Å²) in [6, 6.07) is 5.49. The van der Waals surface area contributed by atoms with E-state index in [1.54, 1.807) is 31.6 Å². The molecule has 2 aromatic heterocycles. The van der Waals surface area contributed by atoms with Gasteiger partial charge in [-0.05, 0) is 43.4 Å². The van der Waals surface area contributed by atoms with Gasteiger partial charge in [-0.1, -0.05) is 0 Å². The van der Waals surface area contributed by atoms with Crippen molar-refractivity contribution in [3.8, 4) is 22.9 Å². The second-order valence-corrected chi connectivity index (χ2v) is 6.99. The molecule has 0 radical (unpaired) electrons. The van der Waals surface area contributed by atoms with Crippen LogP contribution in [0.3, 0.4) is 0 Å². The molecular weight excluding hydrogens is 324 g/mol. The number of benzene rings is 1. The first-order valence-corrected chi connectivity index (χ1v) is 8.79. The van der Waals surface area contributed by atoms with Crippen LogP contribution in [0.1, 0.15) is 23.3 Å². The van der Waals surface area contributed by atoms with Gasteiger partial charge in [-0.25, -0.2) is 4.98 Å². The summed E-state index contributed by atoms with van der Waals surface area (Å²) in [5, 5.41) is 0.772. The van der Waals surface area contributed by atoms with Crippen LogP contribution in [-0.4, -0.2) is 24.2 Å². The molecule has 6 heteroatoms. The van der Waals surface area contributed by atoms with Crippen LogP contribution >= 0.6 is 11.3 Å². The van der Waals surface area contributed by atoms with Gasteiger partial charge in [0.05, 0.1) is 19.6 Å². The highest BCUT2D eigenvalue weighted by Gasteiger charge is 2.20. The summed E-state index contributed by atoms with van der Waals surface area (Å²) in [5.74, 6) is 1.87. The molecule has 1 aliphatic carbocycles. The molecule has 0 amide bonds. The second-order valence-electron chi connectivity index (χ2n) is 5.91. The zero-order chi connectivity index (χ0) is 16.7. The second kappa shape index (κ2) is 5.94. The smallest absolute Gasteiger partial charge is 0.260 e. The number of aryl methyl sites for hydroxylation is 2. The van der Waals surface area contributed by atoms with Gasteiger partial charge in [0.15, 0.2) is 0 Å². The van der Waals surface area contributed by atoms with Crippen molar-refractivity contribution >= 4 is 21.6 Å². The molecule has 0 bridgehead atoms. The van der Waals surface area contributed by atoms with Gasteiger partial charge in [0.1, 0.15) is 22.2 Å². The van der Waals surface area contributed by atoms with E-state index in [2.05, 4.69) is 4.98 Å². The van der Waals surface area contributed by atoms with Gasteiger partial charge >= 0.3 is 0 Å². The normalized spacial score (nSPS) is 13.8. The number of fused-ring (bicyclic) bond motifs is 3. The van der Waals surface area contributed by atoms with E-state index in [0.717, 1.165) is 35.0 Å². The summed E-state index contributed by atoms with van der Waals surface area (Å²) >= 11 is 1.65. The number of methoxy groups -OCH3 is 2. The van der Waals surface area contributed by atoms with Gasteiger partial charge < -0.3 is 14.5 Å². The predicted molar refractivity (Wildman–Crippen MR) is 95.4 cm³/mol. The zero-order valence-electron chi connectivity index (χ0n) is 13.6. The number of aromatic nitrogens is 2. The first kappa shape index (κ1) is 15.2. The highest BCUT2D eigenvalue weighted by Crippen LogP contribution is 2.35. The third-order valence-corrected chi connectivity index (χ3v) is 5.64. The molecule has 0 unspecified atom stereocenters. The van der Waals surface area contributed by atoms with Gasteiger partial charge in [-0.2, -0.15) is 0 Å². The average Bonchev–Trinajstić information content (AvgIpc) is 3.00. The predicted octanol–water partition coefficient (Wildman–Crippen LogP) is 3.55. The molecule has 124 valence electrons. The third kappa shape index (κ3) is 2.47. The minimum atomic E-state index is -0.0591. The molecule has 0 spiro atoms. The van der Waals surface area contributed by atoms with Crippen LogP contribution in [0, 0.1) is 0 Å². The highest BCUT2D eigenvalue weighted by molar-refractivity contribution is 7.18. The van der Waals surface area contributed by atoms with Gasteiger partial charge in [-0.3, -0.25) is 4.79 Å². The molecule has 2 heterocycles. The Hall–Kier alpha value is -2.34. The van der Waals surface area contributed by atoms with Crippen LogP contribution < -0.4 is 15.0 Å². The minimum Gasteiger partial charge on any atom is -0.497 e. The van der Waals surface area contributed by atoms with Crippen LogP contribution in [0.15, 0.2) is 23.0 Å². The lowest BCUT2D eigenvalue weighted by atomic mass is 9.97. The summed E-state index contributed by atoms with van der Waals surface area (Å²) in [5.41, 5.74) is 1.91. The molecule has 0 saturated carbocycles. The van der Waals surface area contributed by atoms with E-state index in [0.29, 0.717) is 17.3 Å². The van der Waals surface area contributed by atoms with Crippen LogP contribution in [0.2, 0.25) is 0 Å². The SMILES string of the molecule is COc1cc(OC)cc(-c2nc3sc4c(c3c(=O)[nH]2)CCCC4)c1. The lowest BCUT2D eigenvalue weighted by Gasteiger charge is -2.10. The maximum absolute atomic E-state index is 12.7.